The minimum Gasteiger partial charge on any atom is -0.393 e. The highest BCUT2D eigenvalue weighted by molar-refractivity contribution is 5.94. The zero-order valence-corrected chi connectivity index (χ0v) is 10.1. The molecule has 0 spiro atoms. The fourth-order valence-corrected chi connectivity index (χ4v) is 2.27. The molecule has 0 aromatic heterocycles. The summed E-state index contributed by atoms with van der Waals surface area (Å²) in [6.07, 6.45) is 2.36. The number of aliphatic hydroxyl groups is 1. The van der Waals surface area contributed by atoms with E-state index in [-0.39, 0.29) is 12.0 Å². The summed E-state index contributed by atoms with van der Waals surface area (Å²) >= 11 is 0. The number of rotatable bonds is 3. The third-order valence-corrected chi connectivity index (χ3v) is 3.34. The number of nitriles is 1. The van der Waals surface area contributed by atoms with E-state index in [0.29, 0.717) is 23.6 Å². The molecular weight excluding hydrogens is 228 g/mol. The van der Waals surface area contributed by atoms with Gasteiger partial charge in [0.2, 0.25) is 0 Å². The van der Waals surface area contributed by atoms with Gasteiger partial charge >= 0.3 is 0 Å². The number of aliphatic hydroxyl groups excluding tert-OH is 1. The zero-order chi connectivity index (χ0) is 13.0. The minimum absolute atomic E-state index is 0.124. The molecule has 1 aromatic rings. The van der Waals surface area contributed by atoms with E-state index < -0.39 is 0 Å². The van der Waals surface area contributed by atoms with Crippen LogP contribution in [-0.2, 0) is 0 Å². The van der Waals surface area contributed by atoms with Gasteiger partial charge in [-0.3, -0.25) is 4.79 Å². The maximum atomic E-state index is 11.8. The van der Waals surface area contributed by atoms with Crippen LogP contribution < -0.4 is 5.32 Å². The number of hydrogen-bond donors (Lipinski definition) is 2. The van der Waals surface area contributed by atoms with Crippen LogP contribution >= 0.6 is 0 Å². The van der Waals surface area contributed by atoms with E-state index in [4.69, 9.17) is 5.26 Å². The van der Waals surface area contributed by atoms with Gasteiger partial charge in [-0.05, 0) is 49.4 Å². The van der Waals surface area contributed by atoms with Crippen LogP contribution in [0.2, 0.25) is 0 Å². The maximum Gasteiger partial charge on any atom is 0.251 e. The lowest BCUT2D eigenvalue weighted by molar-refractivity contribution is 0.0945. The molecule has 2 unspecified atom stereocenters. The summed E-state index contributed by atoms with van der Waals surface area (Å²) in [5, 5.41) is 20.9. The van der Waals surface area contributed by atoms with Gasteiger partial charge in [0.25, 0.3) is 5.91 Å². The van der Waals surface area contributed by atoms with Crippen molar-refractivity contribution in [2.75, 3.05) is 6.54 Å². The van der Waals surface area contributed by atoms with Crippen molar-refractivity contribution in [3.8, 4) is 6.07 Å². The zero-order valence-electron chi connectivity index (χ0n) is 10.1. The molecule has 1 amide bonds. The van der Waals surface area contributed by atoms with Gasteiger partial charge in [0.15, 0.2) is 0 Å². The first kappa shape index (κ1) is 12.6. The highest BCUT2D eigenvalue weighted by Gasteiger charge is 2.23. The Morgan fingerprint density at radius 2 is 2.11 bits per heavy atom. The summed E-state index contributed by atoms with van der Waals surface area (Å²) in [4.78, 5) is 11.8. The molecule has 4 heteroatoms. The van der Waals surface area contributed by atoms with E-state index in [1.54, 1.807) is 24.3 Å². The van der Waals surface area contributed by atoms with E-state index in [1.165, 1.54) is 0 Å². The van der Waals surface area contributed by atoms with Gasteiger partial charge < -0.3 is 10.4 Å². The fourth-order valence-electron chi connectivity index (χ4n) is 2.27. The molecule has 18 heavy (non-hydrogen) atoms. The molecule has 0 radical (unpaired) electrons. The smallest absolute Gasteiger partial charge is 0.251 e. The van der Waals surface area contributed by atoms with Crippen LogP contribution in [0.15, 0.2) is 24.3 Å². The van der Waals surface area contributed by atoms with Gasteiger partial charge in [0.1, 0.15) is 0 Å². The average Bonchev–Trinajstić information content (AvgIpc) is 2.82. The van der Waals surface area contributed by atoms with E-state index in [2.05, 4.69) is 5.32 Å². The quantitative estimate of drug-likeness (QED) is 0.845. The number of hydrogen-bond acceptors (Lipinski definition) is 3. The van der Waals surface area contributed by atoms with Gasteiger partial charge in [0.05, 0.1) is 17.7 Å². The van der Waals surface area contributed by atoms with Crippen LogP contribution in [0.3, 0.4) is 0 Å². The lowest BCUT2D eigenvalue weighted by Crippen LogP contribution is -2.28. The summed E-state index contributed by atoms with van der Waals surface area (Å²) < 4.78 is 0. The first-order chi connectivity index (χ1) is 8.69. The predicted molar refractivity (Wildman–Crippen MR) is 66.8 cm³/mol. The molecule has 2 atom stereocenters. The van der Waals surface area contributed by atoms with Crippen molar-refractivity contribution in [1.82, 2.24) is 5.32 Å². The predicted octanol–water partition coefficient (Wildman–Crippen LogP) is 1.45. The fraction of sp³-hybridized carbons (Fsp3) is 0.429. The van der Waals surface area contributed by atoms with Crippen LogP contribution in [0.25, 0.3) is 0 Å². The molecule has 2 rings (SSSR count). The Morgan fingerprint density at radius 1 is 1.39 bits per heavy atom. The Balaban J connectivity index is 1.86. The van der Waals surface area contributed by atoms with E-state index in [0.717, 1.165) is 19.3 Å². The average molecular weight is 244 g/mol. The van der Waals surface area contributed by atoms with Crippen molar-refractivity contribution in [2.24, 2.45) is 5.92 Å². The number of nitrogens with zero attached hydrogens (tertiary/aromatic N) is 1. The molecule has 0 heterocycles. The van der Waals surface area contributed by atoms with Crippen LogP contribution in [-0.4, -0.2) is 23.7 Å². The molecule has 1 aliphatic carbocycles. The maximum absolute atomic E-state index is 11.8. The van der Waals surface area contributed by atoms with Crippen molar-refractivity contribution in [1.29, 1.82) is 5.26 Å². The standard InChI is InChI=1S/C14H16N2O2/c15-8-10-1-4-12(5-2-10)14(18)16-9-11-3-6-13(17)7-11/h1-2,4-5,11,13,17H,3,6-7,9H2,(H,16,18). The second-order valence-corrected chi connectivity index (χ2v) is 4.73. The van der Waals surface area contributed by atoms with Crippen LogP contribution in [0, 0.1) is 17.2 Å². The summed E-state index contributed by atoms with van der Waals surface area (Å²) in [7, 11) is 0. The second kappa shape index (κ2) is 5.65. The topological polar surface area (TPSA) is 73.1 Å². The van der Waals surface area contributed by atoms with Gasteiger partial charge in [-0.2, -0.15) is 5.26 Å². The summed E-state index contributed by atoms with van der Waals surface area (Å²) in [6, 6.07) is 8.58. The van der Waals surface area contributed by atoms with Gasteiger partial charge in [-0.1, -0.05) is 0 Å². The van der Waals surface area contributed by atoms with Crippen LogP contribution in [0.5, 0.6) is 0 Å². The summed E-state index contributed by atoms with van der Waals surface area (Å²) in [5.74, 6) is 0.253. The van der Waals surface area contributed by atoms with Crippen molar-refractivity contribution in [2.45, 2.75) is 25.4 Å². The third-order valence-electron chi connectivity index (χ3n) is 3.34. The Kier molecular flexibility index (Phi) is 3.96. The molecule has 1 aliphatic rings. The van der Waals surface area contributed by atoms with Gasteiger partial charge in [-0.25, -0.2) is 0 Å². The summed E-state index contributed by atoms with van der Waals surface area (Å²) in [6.45, 7) is 0.607. The van der Waals surface area contributed by atoms with Crippen LogP contribution in [0.1, 0.15) is 35.2 Å². The van der Waals surface area contributed by atoms with Crippen molar-refractivity contribution < 1.29 is 9.90 Å². The second-order valence-electron chi connectivity index (χ2n) is 4.73. The molecule has 94 valence electrons. The van der Waals surface area contributed by atoms with Crippen molar-refractivity contribution >= 4 is 5.91 Å². The lowest BCUT2D eigenvalue weighted by Gasteiger charge is -2.10. The highest BCUT2D eigenvalue weighted by Crippen LogP contribution is 2.24. The molecule has 1 saturated carbocycles. The van der Waals surface area contributed by atoms with E-state index in [1.807, 2.05) is 6.07 Å². The SMILES string of the molecule is N#Cc1ccc(C(=O)NCC2CCC(O)C2)cc1. The molecule has 1 fully saturated rings. The monoisotopic (exact) mass is 244 g/mol. The first-order valence-electron chi connectivity index (χ1n) is 6.15. The minimum atomic E-state index is -0.207. The van der Waals surface area contributed by atoms with Crippen molar-refractivity contribution in [3.63, 3.8) is 0 Å². The van der Waals surface area contributed by atoms with E-state index in [9.17, 15) is 9.90 Å². The largest absolute Gasteiger partial charge is 0.393 e. The van der Waals surface area contributed by atoms with Gasteiger partial charge in [-0.15, -0.1) is 0 Å². The molecular formula is C14H16N2O2. The number of carbonyl (C=O) groups excluding carboxylic acids is 1. The normalized spacial score (nSPS) is 22.4. The number of carbonyl (C=O) groups is 1. The Labute approximate surface area is 106 Å². The third kappa shape index (κ3) is 3.08. The van der Waals surface area contributed by atoms with Crippen LogP contribution in [0.4, 0.5) is 0 Å². The highest BCUT2D eigenvalue weighted by atomic mass is 16.3. The molecule has 0 bridgehead atoms. The molecule has 4 nitrogen and oxygen atoms in total. The number of amides is 1. The summed E-state index contributed by atoms with van der Waals surface area (Å²) in [5.41, 5.74) is 1.11. The lowest BCUT2D eigenvalue weighted by atomic mass is 10.1. The molecule has 1 aromatic carbocycles. The Morgan fingerprint density at radius 3 is 2.67 bits per heavy atom. The number of benzene rings is 1. The molecule has 0 saturated heterocycles. The Hall–Kier alpha value is -1.86. The number of nitrogens with one attached hydrogen (secondary N) is 1. The first-order valence-corrected chi connectivity index (χ1v) is 6.15. The van der Waals surface area contributed by atoms with Gasteiger partial charge in [0, 0.05) is 12.1 Å². The van der Waals surface area contributed by atoms with Crippen molar-refractivity contribution in [3.05, 3.63) is 35.4 Å². The molecule has 0 aliphatic heterocycles. The Bertz CT molecular complexity index is 462. The molecule has 2 N–H and O–H groups in total. The van der Waals surface area contributed by atoms with E-state index >= 15 is 0 Å².